The molecule has 266 valence electrons. The van der Waals surface area contributed by atoms with Crippen molar-refractivity contribution in [2.45, 2.75) is 51.9 Å². The second kappa shape index (κ2) is 21.6. The van der Waals surface area contributed by atoms with Crippen LogP contribution in [0.5, 0.6) is 5.75 Å². The van der Waals surface area contributed by atoms with E-state index in [4.69, 9.17) is 34.5 Å². The minimum atomic E-state index is -5.21. The van der Waals surface area contributed by atoms with Gasteiger partial charge in [0.1, 0.15) is 11.6 Å². The number of esters is 1. The maximum atomic E-state index is 13.2. The molecule has 2 rings (SSSR count). The number of hydrogen-bond acceptors (Lipinski definition) is 13. The van der Waals surface area contributed by atoms with E-state index in [-0.39, 0.29) is 63.3 Å². The lowest BCUT2D eigenvalue weighted by atomic mass is 10.00. The predicted octanol–water partition coefficient (Wildman–Crippen LogP) is 3.36. The van der Waals surface area contributed by atoms with Gasteiger partial charge in [0, 0.05) is 36.3 Å². The van der Waals surface area contributed by atoms with Crippen LogP contribution in [-0.2, 0) is 34.9 Å². The smallest absolute Gasteiger partial charge is 0.490 e. The van der Waals surface area contributed by atoms with Crippen molar-refractivity contribution in [3.63, 3.8) is 0 Å². The van der Waals surface area contributed by atoms with E-state index >= 15 is 0 Å². The number of likely N-dealkylation sites (N-methyl/N-ethyl adjacent to an activating group) is 1. The van der Waals surface area contributed by atoms with E-state index < -0.39 is 18.4 Å². The maximum Gasteiger partial charge on any atom is 0.490 e. The van der Waals surface area contributed by atoms with Gasteiger partial charge < -0.3 is 44.9 Å². The number of nitrogen functional groups attached to an aromatic ring is 1. The van der Waals surface area contributed by atoms with Crippen molar-refractivity contribution in [1.29, 1.82) is 0 Å². The van der Waals surface area contributed by atoms with Crippen LogP contribution in [0.3, 0.4) is 0 Å². The minimum Gasteiger partial charge on any atom is -0.508 e. The molecule has 0 fully saturated rings. The van der Waals surface area contributed by atoms with Crippen LogP contribution < -0.4 is 11.1 Å². The summed E-state index contributed by atoms with van der Waals surface area (Å²) in [6.45, 7) is 6.85. The molecule has 0 bridgehead atoms. The summed E-state index contributed by atoms with van der Waals surface area (Å²) in [5.41, 5.74) is 7.70. The third kappa shape index (κ3) is 15.0. The first-order valence-corrected chi connectivity index (χ1v) is 15.6. The normalized spacial score (nSPS) is 12.4. The molecule has 1 heterocycles. The quantitative estimate of drug-likeness (QED) is 0.0726. The zero-order chi connectivity index (χ0) is 34.7. The molecule has 0 radical (unpaired) electrons. The lowest BCUT2D eigenvalue weighted by Gasteiger charge is -2.29. The van der Waals surface area contributed by atoms with Crippen molar-refractivity contribution in [2.24, 2.45) is 0 Å². The van der Waals surface area contributed by atoms with Gasteiger partial charge >= 0.3 is 12.1 Å². The van der Waals surface area contributed by atoms with Crippen molar-refractivity contribution >= 4 is 17.7 Å². The molecule has 0 saturated carbocycles. The Morgan fingerprint density at radius 1 is 1.00 bits per heavy atom. The lowest BCUT2D eigenvalue weighted by Crippen LogP contribution is -2.36. The van der Waals surface area contributed by atoms with Gasteiger partial charge in [-0.2, -0.15) is 18.2 Å². The van der Waals surface area contributed by atoms with E-state index in [0.717, 1.165) is 19.3 Å². The summed E-state index contributed by atoms with van der Waals surface area (Å²) < 4.78 is 66.0. The molecule has 1 aromatic heterocycles. The number of nitrogens with two attached hydrogens (primary N) is 1. The standard InChI is InChI=1S/C31H48F3N5O8/c1-4-5-6-9-36-27-25(22(2)37-30(35)38-27)21-24-20-23(7-8-26(24)41)28(47-29(42)31(32,33)34)39(3)10-12-43-14-16-45-18-19-46-17-15-44-13-11-40/h7-8,20,28,40-41H,4-6,9-19,21H2,1-3H3,(H3,35,36,37,38). The number of unbranched alkanes of at least 4 members (excludes halogenated alkanes) is 2. The third-order valence-electron chi connectivity index (χ3n) is 6.85. The van der Waals surface area contributed by atoms with Crippen LogP contribution in [0.25, 0.3) is 0 Å². The number of carbonyl (C=O) groups excluding carboxylic acids is 1. The first-order chi connectivity index (χ1) is 22.5. The van der Waals surface area contributed by atoms with Gasteiger partial charge in [-0.05, 0) is 38.1 Å². The Labute approximate surface area is 273 Å². The lowest BCUT2D eigenvalue weighted by molar-refractivity contribution is -0.213. The number of aromatic hydroxyl groups is 1. The van der Waals surface area contributed by atoms with E-state index in [1.54, 1.807) is 6.92 Å². The number of hydrogen-bond donors (Lipinski definition) is 4. The molecule has 0 aliphatic heterocycles. The van der Waals surface area contributed by atoms with Crippen LogP contribution >= 0.6 is 0 Å². The van der Waals surface area contributed by atoms with Gasteiger partial charge in [0.2, 0.25) is 5.95 Å². The second-order valence-electron chi connectivity index (χ2n) is 10.6. The molecule has 47 heavy (non-hydrogen) atoms. The Bertz CT molecular complexity index is 1210. The van der Waals surface area contributed by atoms with Crippen LogP contribution in [0.2, 0.25) is 0 Å². The molecule has 1 unspecified atom stereocenters. The molecule has 0 amide bonds. The summed E-state index contributed by atoms with van der Waals surface area (Å²) in [6.07, 6.45) is -3.54. The zero-order valence-electron chi connectivity index (χ0n) is 27.3. The van der Waals surface area contributed by atoms with E-state index in [2.05, 4.69) is 22.2 Å². The summed E-state index contributed by atoms with van der Waals surface area (Å²) in [7, 11) is 1.50. The van der Waals surface area contributed by atoms with Gasteiger partial charge in [-0.25, -0.2) is 9.78 Å². The minimum absolute atomic E-state index is 0.0462. The second-order valence-corrected chi connectivity index (χ2v) is 10.6. The summed E-state index contributed by atoms with van der Waals surface area (Å²) in [4.78, 5) is 21.9. The van der Waals surface area contributed by atoms with E-state index in [9.17, 15) is 23.1 Å². The van der Waals surface area contributed by atoms with Crippen LogP contribution in [-0.4, -0.2) is 117 Å². The number of halogens is 3. The van der Waals surface area contributed by atoms with Crippen LogP contribution in [0.1, 0.15) is 54.8 Å². The molecule has 5 N–H and O–H groups in total. The number of phenols is 1. The van der Waals surface area contributed by atoms with E-state index in [1.165, 1.54) is 30.1 Å². The van der Waals surface area contributed by atoms with Crippen LogP contribution in [0.15, 0.2) is 18.2 Å². The highest BCUT2D eigenvalue weighted by molar-refractivity contribution is 5.75. The number of nitrogens with one attached hydrogen (secondary N) is 1. The molecule has 2 aromatic rings. The molecule has 0 aliphatic carbocycles. The largest absolute Gasteiger partial charge is 0.508 e. The number of aliphatic hydroxyl groups is 1. The SMILES string of the molecule is CCCCCNc1nc(N)nc(C)c1Cc1cc(C(OC(=O)C(F)(F)F)N(C)CCOCCOCCOCCOCCO)ccc1O. The number of carbonyl (C=O) groups is 1. The van der Waals surface area contributed by atoms with Gasteiger partial charge in [0.15, 0.2) is 6.23 Å². The number of rotatable bonds is 24. The van der Waals surface area contributed by atoms with E-state index in [0.29, 0.717) is 55.6 Å². The number of alkyl halides is 3. The molecule has 0 saturated heterocycles. The highest BCUT2D eigenvalue weighted by atomic mass is 19.4. The first kappa shape index (κ1) is 39.9. The molecule has 1 atom stereocenters. The predicted molar refractivity (Wildman–Crippen MR) is 168 cm³/mol. The fourth-order valence-corrected chi connectivity index (χ4v) is 4.38. The highest BCUT2D eigenvalue weighted by Gasteiger charge is 2.43. The van der Waals surface area contributed by atoms with Gasteiger partial charge in [-0.1, -0.05) is 25.8 Å². The molecule has 0 aliphatic rings. The van der Waals surface area contributed by atoms with E-state index in [1.807, 2.05) is 0 Å². The highest BCUT2D eigenvalue weighted by Crippen LogP contribution is 2.32. The monoisotopic (exact) mass is 675 g/mol. The number of anilines is 2. The van der Waals surface area contributed by atoms with Crippen molar-refractivity contribution in [3.8, 4) is 5.75 Å². The molecule has 13 nitrogen and oxygen atoms in total. The van der Waals surface area contributed by atoms with Gasteiger partial charge in [0.05, 0.1) is 59.5 Å². The number of aromatic nitrogens is 2. The Hall–Kier alpha value is -3.28. The summed E-state index contributed by atoms with van der Waals surface area (Å²) in [6, 6.07) is 4.23. The third-order valence-corrected chi connectivity index (χ3v) is 6.85. The fourth-order valence-electron chi connectivity index (χ4n) is 4.38. The van der Waals surface area contributed by atoms with Crippen molar-refractivity contribution < 1.29 is 51.9 Å². The van der Waals surface area contributed by atoms with Gasteiger partial charge in [0.25, 0.3) is 0 Å². The van der Waals surface area contributed by atoms with Crippen LogP contribution in [0.4, 0.5) is 24.9 Å². The number of benzene rings is 1. The topological polar surface area (TPSA) is 171 Å². The number of aliphatic hydroxyl groups excluding tert-OH is 1. The van der Waals surface area contributed by atoms with Crippen molar-refractivity contribution in [3.05, 3.63) is 40.6 Å². The first-order valence-electron chi connectivity index (χ1n) is 15.6. The Morgan fingerprint density at radius 3 is 2.21 bits per heavy atom. The number of ether oxygens (including phenoxy) is 5. The Kier molecular flexibility index (Phi) is 18.3. The summed E-state index contributed by atoms with van der Waals surface area (Å²) in [5, 5.41) is 22.6. The molecular weight excluding hydrogens is 627 g/mol. The van der Waals surface area contributed by atoms with Crippen molar-refractivity contribution in [2.75, 3.05) is 90.6 Å². The van der Waals surface area contributed by atoms with Crippen LogP contribution in [0, 0.1) is 6.92 Å². The van der Waals surface area contributed by atoms with Gasteiger partial charge in [-0.3, -0.25) is 4.90 Å². The number of aryl methyl sites for hydroxylation is 1. The maximum absolute atomic E-state index is 13.2. The van der Waals surface area contributed by atoms with Crippen molar-refractivity contribution in [1.82, 2.24) is 14.9 Å². The number of nitrogens with zero attached hydrogens (tertiary/aromatic N) is 3. The fraction of sp³-hybridized carbons (Fsp3) is 0.645. The zero-order valence-corrected chi connectivity index (χ0v) is 27.3. The molecular formula is C31H48F3N5O8. The molecule has 16 heteroatoms. The molecule has 0 spiro atoms. The molecule has 1 aromatic carbocycles. The number of phenolic OH excluding ortho intramolecular Hbond substituents is 1. The Balaban J connectivity index is 2.06. The average molecular weight is 676 g/mol. The Morgan fingerprint density at radius 2 is 1.62 bits per heavy atom. The summed E-state index contributed by atoms with van der Waals surface area (Å²) in [5.74, 6) is -1.86. The summed E-state index contributed by atoms with van der Waals surface area (Å²) >= 11 is 0. The van der Waals surface area contributed by atoms with Gasteiger partial charge in [-0.15, -0.1) is 0 Å². The average Bonchev–Trinajstić information content (AvgIpc) is 3.02.